The van der Waals surface area contributed by atoms with E-state index in [1.54, 1.807) is 12.3 Å². The highest BCUT2D eigenvalue weighted by molar-refractivity contribution is 5.71. The van der Waals surface area contributed by atoms with E-state index in [0.717, 1.165) is 110 Å². The molecule has 2 saturated heterocycles. The van der Waals surface area contributed by atoms with E-state index >= 15 is 0 Å². The Hall–Kier alpha value is -5.84. The van der Waals surface area contributed by atoms with Gasteiger partial charge in [-0.2, -0.15) is 10.5 Å². The summed E-state index contributed by atoms with van der Waals surface area (Å²) < 4.78 is 0. The number of likely N-dealkylation sites (N-methyl/N-ethyl adjacent to an activating group) is 2. The van der Waals surface area contributed by atoms with Gasteiger partial charge in [0.25, 0.3) is 0 Å². The Morgan fingerprint density at radius 3 is 1.76 bits per heavy atom. The number of H-pyrrole nitrogens is 1. The SMILES string of the molecule is CN1CCCN(c2cncc(-c3cccc(/C=C/C#N)c3)n2)CC1.CN1CCCN(c2cncc(-c3cccc(/C=C/c4nn[nH]n4)c3)n2)CC1. The number of anilines is 2. The highest BCUT2D eigenvalue weighted by Crippen LogP contribution is 2.23. The van der Waals surface area contributed by atoms with Crippen molar-refractivity contribution in [2.75, 3.05) is 76.3 Å². The zero-order valence-electron chi connectivity index (χ0n) is 29.2. The number of nitriles is 1. The molecule has 260 valence electrons. The lowest BCUT2D eigenvalue weighted by atomic mass is 10.1. The zero-order valence-corrected chi connectivity index (χ0v) is 29.2. The van der Waals surface area contributed by atoms with E-state index in [0.29, 0.717) is 5.82 Å². The van der Waals surface area contributed by atoms with Crippen molar-refractivity contribution in [2.45, 2.75) is 12.8 Å². The maximum atomic E-state index is 8.67. The summed E-state index contributed by atoms with van der Waals surface area (Å²) in [5.74, 6) is 2.42. The zero-order chi connectivity index (χ0) is 35.3. The van der Waals surface area contributed by atoms with Gasteiger partial charge in [0.2, 0.25) is 0 Å². The predicted octanol–water partition coefficient (Wildman–Crippen LogP) is 4.79. The Labute approximate surface area is 299 Å². The topological polar surface area (TPSA) is 143 Å². The second kappa shape index (κ2) is 17.7. The van der Waals surface area contributed by atoms with Gasteiger partial charge in [0.15, 0.2) is 5.82 Å². The summed E-state index contributed by atoms with van der Waals surface area (Å²) in [7, 11) is 4.32. The number of hydrogen-bond acceptors (Lipinski definition) is 12. The van der Waals surface area contributed by atoms with E-state index < -0.39 is 0 Å². The van der Waals surface area contributed by atoms with Crippen molar-refractivity contribution < 1.29 is 0 Å². The van der Waals surface area contributed by atoms with Gasteiger partial charge < -0.3 is 19.6 Å². The summed E-state index contributed by atoms with van der Waals surface area (Å²) in [5, 5.41) is 22.5. The number of nitrogens with zero attached hydrogens (tertiary/aromatic N) is 12. The predicted molar refractivity (Wildman–Crippen MR) is 201 cm³/mol. The normalized spacial score (nSPS) is 16.0. The van der Waals surface area contributed by atoms with Crippen LogP contribution < -0.4 is 9.80 Å². The Morgan fingerprint density at radius 1 is 0.667 bits per heavy atom. The molecule has 2 aromatic carbocycles. The Balaban J connectivity index is 0.000000177. The minimum atomic E-state index is 0.549. The van der Waals surface area contributed by atoms with Crippen LogP contribution in [0.4, 0.5) is 11.6 Å². The molecule has 13 heteroatoms. The lowest BCUT2D eigenvalue weighted by molar-refractivity contribution is 0.360. The highest BCUT2D eigenvalue weighted by Gasteiger charge is 2.16. The molecule has 0 atom stereocenters. The smallest absolute Gasteiger partial charge is 0.197 e. The van der Waals surface area contributed by atoms with E-state index in [-0.39, 0.29) is 0 Å². The van der Waals surface area contributed by atoms with Crippen LogP contribution in [0.2, 0.25) is 0 Å². The molecule has 2 fully saturated rings. The minimum absolute atomic E-state index is 0.549. The number of hydrogen-bond donors (Lipinski definition) is 1. The molecule has 0 bridgehead atoms. The molecule has 0 unspecified atom stereocenters. The summed E-state index contributed by atoms with van der Waals surface area (Å²) in [4.78, 5) is 27.8. The van der Waals surface area contributed by atoms with Crippen LogP contribution in [0.25, 0.3) is 40.7 Å². The van der Waals surface area contributed by atoms with Crippen LogP contribution in [0.15, 0.2) is 79.4 Å². The van der Waals surface area contributed by atoms with Crippen molar-refractivity contribution in [1.82, 2.24) is 50.4 Å². The first kappa shape index (κ1) is 35.0. The van der Waals surface area contributed by atoms with Gasteiger partial charge in [-0.3, -0.25) is 9.97 Å². The number of nitrogens with one attached hydrogen (secondary N) is 1. The van der Waals surface area contributed by atoms with E-state index in [1.807, 2.05) is 73.2 Å². The standard InChI is InChI=1S/C19H22N8.C19H21N5/c1-26-8-3-9-27(11-10-26)19-14-20-13-17(21-19)16-5-2-4-15(12-16)6-7-18-22-24-25-23-18;1-23-9-4-10-24(12-11-23)19-15-21-14-18(22-19)17-7-2-5-16(13-17)6-3-8-20/h2,4-7,12-14H,3,8-11H2,1H3,(H,22,23,24,25);2-3,5-7,13-15H,4,9-12H2,1H3/b7-6+;6-3+. The number of benzene rings is 2. The monoisotopic (exact) mass is 681 g/mol. The fourth-order valence-electron chi connectivity index (χ4n) is 5.99. The van der Waals surface area contributed by atoms with Crippen LogP contribution in [-0.2, 0) is 0 Å². The van der Waals surface area contributed by atoms with E-state index in [1.165, 1.54) is 6.08 Å². The molecule has 2 aliphatic heterocycles. The third-order valence-electron chi connectivity index (χ3n) is 8.83. The number of tetrazole rings is 1. The van der Waals surface area contributed by atoms with Gasteiger partial charge in [-0.1, -0.05) is 42.5 Å². The van der Waals surface area contributed by atoms with Crippen LogP contribution in [0.5, 0.6) is 0 Å². The second-order valence-corrected chi connectivity index (χ2v) is 12.6. The molecule has 51 heavy (non-hydrogen) atoms. The van der Waals surface area contributed by atoms with Crippen molar-refractivity contribution in [3.05, 3.63) is 96.3 Å². The van der Waals surface area contributed by atoms with Crippen LogP contribution in [-0.4, -0.2) is 117 Å². The van der Waals surface area contributed by atoms with Gasteiger partial charge in [0, 0.05) is 56.5 Å². The average Bonchev–Trinajstić information content (AvgIpc) is 3.48. The molecule has 0 spiro atoms. The summed E-state index contributed by atoms with van der Waals surface area (Å²) >= 11 is 0. The molecule has 1 N–H and O–H groups in total. The van der Waals surface area contributed by atoms with E-state index in [4.69, 9.17) is 15.2 Å². The average molecular weight is 682 g/mol. The van der Waals surface area contributed by atoms with Crippen LogP contribution in [0.1, 0.15) is 29.8 Å². The first-order valence-electron chi connectivity index (χ1n) is 17.2. The van der Waals surface area contributed by atoms with Crippen molar-refractivity contribution in [3.8, 4) is 28.6 Å². The van der Waals surface area contributed by atoms with Gasteiger partial charge in [-0.05, 0) is 80.7 Å². The van der Waals surface area contributed by atoms with Gasteiger partial charge >= 0.3 is 0 Å². The highest BCUT2D eigenvalue weighted by atomic mass is 15.5. The fourth-order valence-corrected chi connectivity index (χ4v) is 5.99. The van der Waals surface area contributed by atoms with E-state index in [2.05, 4.69) is 76.4 Å². The molecule has 5 aromatic rings. The van der Waals surface area contributed by atoms with E-state index in [9.17, 15) is 0 Å². The van der Waals surface area contributed by atoms with Crippen molar-refractivity contribution in [2.24, 2.45) is 0 Å². The third kappa shape index (κ3) is 10.1. The molecule has 0 radical (unpaired) electrons. The molecule has 2 aliphatic rings. The summed E-state index contributed by atoms with van der Waals surface area (Å²) in [6.07, 6.45) is 16.6. The molecule has 13 nitrogen and oxygen atoms in total. The number of aromatic nitrogens is 8. The van der Waals surface area contributed by atoms with Crippen LogP contribution in [0, 0.1) is 11.3 Å². The van der Waals surface area contributed by atoms with Gasteiger partial charge in [-0.15, -0.1) is 10.2 Å². The fraction of sp³-hybridized carbons (Fsp3) is 0.316. The summed E-state index contributed by atoms with van der Waals surface area (Å²) in [6.45, 7) is 8.29. The lowest BCUT2D eigenvalue weighted by Gasteiger charge is -2.21. The molecule has 0 saturated carbocycles. The van der Waals surface area contributed by atoms with Crippen LogP contribution >= 0.6 is 0 Å². The van der Waals surface area contributed by atoms with Crippen molar-refractivity contribution in [1.29, 1.82) is 5.26 Å². The third-order valence-corrected chi connectivity index (χ3v) is 8.83. The molecule has 3 aromatic heterocycles. The van der Waals surface area contributed by atoms with Gasteiger partial charge in [0.05, 0.1) is 42.2 Å². The quantitative estimate of drug-likeness (QED) is 0.236. The second-order valence-electron chi connectivity index (χ2n) is 12.6. The van der Waals surface area contributed by atoms with Crippen LogP contribution in [0.3, 0.4) is 0 Å². The Bertz CT molecular complexity index is 1950. The molecule has 5 heterocycles. The number of allylic oxidation sites excluding steroid dienone is 1. The Kier molecular flexibility index (Phi) is 12.2. The Morgan fingerprint density at radius 2 is 1.24 bits per heavy atom. The summed E-state index contributed by atoms with van der Waals surface area (Å²) in [5.41, 5.74) is 5.80. The van der Waals surface area contributed by atoms with Crippen molar-refractivity contribution >= 4 is 29.9 Å². The molecular formula is C38H43N13. The maximum Gasteiger partial charge on any atom is 0.197 e. The first-order valence-corrected chi connectivity index (χ1v) is 17.2. The minimum Gasteiger partial charge on any atom is -0.354 e. The lowest BCUT2D eigenvalue weighted by Crippen LogP contribution is -2.29. The van der Waals surface area contributed by atoms with Gasteiger partial charge in [-0.25, -0.2) is 9.97 Å². The number of aromatic amines is 1. The largest absolute Gasteiger partial charge is 0.354 e. The molecule has 0 aliphatic carbocycles. The number of rotatable bonds is 7. The summed E-state index contributed by atoms with van der Waals surface area (Å²) in [6, 6.07) is 18.2. The maximum absolute atomic E-state index is 8.67. The first-order chi connectivity index (χ1) is 25.0. The molecular weight excluding hydrogens is 639 g/mol. The van der Waals surface area contributed by atoms with Crippen molar-refractivity contribution in [3.63, 3.8) is 0 Å². The van der Waals surface area contributed by atoms with Gasteiger partial charge in [0.1, 0.15) is 11.6 Å². The molecule has 0 amide bonds. The molecule has 7 rings (SSSR count).